The van der Waals surface area contributed by atoms with E-state index in [-0.39, 0.29) is 5.69 Å². The topological polar surface area (TPSA) is 47.6 Å². The summed E-state index contributed by atoms with van der Waals surface area (Å²) >= 11 is 0. The molecule has 2 aromatic carbocycles. The molecule has 1 aliphatic rings. The Bertz CT molecular complexity index is 866. The number of nitrogens with one attached hydrogen (secondary N) is 2. The highest BCUT2D eigenvalue weighted by atomic mass is 19.1. The number of hydrogen-bond donors (Lipinski definition) is 2. The number of aryl methyl sites for hydroxylation is 1. The summed E-state index contributed by atoms with van der Waals surface area (Å²) in [5.41, 5.74) is 3.02. The minimum absolute atomic E-state index is 0.0386. The monoisotopic (exact) mass is 402 g/mol. The van der Waals surface area contributed by atoms with E-state index in [1.54, 1.807) is 6.92 Å². The fourth-order valence-electron chi connectivity index (χ4n) is 3.46. The van der Waals surface area contributed by atoms with Crippen LogP contribution in [0.3, 0.4) is 0 Å². The summed E-state index contributed by atoms with van der Waals surface area (Å²) in [6.45, 7) is 11.1. The lowest BCUT2D eigenvalue weighted by molar-refractivity contribution is -0.116. The third-order valence-electron chi connectivity index (χ3n) is 5.35. The number of nitrogens with zero attached hydrogens (tertiary/aromatic N) is 2. The Balaban J connectivity index is 1.61. The van der Waals surface area contributed by atoms with Gasteiger partial charge in [0.15, 0.2) is 0 Å². The molecule has 0 aliphatic carbocycles. The van der Waals surface area contributed by atoms with Gasteiger partial charge < -0.3 is 20.4 Å². The van der Waals surface area contributed by atoms with Crippen molar-refractivity contribution in [2.24, 2.45) is 0 Å². The van der Waals surface area contributed by atoms with Crippen LogP contribution in [-0.2, 0) is 4.79 Å². The van der Waals surface area contributed by atoms with Crippen LogP contribution in [0.2, 0.25) is 0 Å². The van der Waals surface area contributed by atoms with E-state index in [4.69, 9.17) is 0 Å². The lowest BCUT2D eigenvalue weighted by atomic mass is 10.1. The second kappa shape index (κ2) is 9.22. The lowest BCUT2D eigenvalue weighted by Gasteiger charge is -2.35. The average molecular weight is 402 g/mol. The van der Waals surface area contributed by atoms with Crippen LogP contribution in [0.25, 0.3) is 0 Å². The molecule has 5 nitrogen and oxygen atoms in total. The van der Waals surface area contributed by atoms with E-state index in [0.717, 1.165) is 56.1 Å². The van der Waals surface area contributed by atoms with Gasteiger partial charge in [-0.25, -0.2) is 8.78 Å². The zero-order valence-corrected chi connectivity index (χ0v) is 17.1. The van der Waals surface area contributed by atoms with Crippen LogP contribution in [0.5, 0.6) is 0 Å². The number of piperazine rings is 1. The molecule has 1 amide bonds. The molecule has 1 heterocycles. The van der Waals surface area contributed by atoms with Gasteiger partial charge in [0.2, 0.25) is 5.91 Å². The van der Waals surface area contributed by atoms with Crippen LogP contribution in [0, 0.1) is 18.6 Å². The lowest BCUT2D eigenvalue weighted by Crippen LogP contribution is -2.46. The Kier molecular flexibility index (Phi) is 6.69. The number of carbonyl (C=O) groups excluding carboxylic acids is 1. The maximum atomic E-state index is 13.8. The third-order valence-corrected chi connectivity index (χ3v) is 5.35. The van der Waals surface area contributed by atoms with E-state index in [0.29, 0.717) is 0 Å². The highest BCUT2D eigenvalue weighted by Crippen LogP contribution is 2.24. The standard InChI is InChI=1S/C22H28F2N4O/c1-4-27-9-11-28(12-10-27)18-6-8-20(15(2)13-18)25-16(3)22(29)26-21-7-5-17(23)14-19(21)24/h5-8,13-14,16,25H,4,9-12H2,1-3H3,(H,26,29). The summed E-state index contributed by atoms with van der Waals surface area (Å²) < 4.78 is 26.8. The van der Waals surface area contributed by atoms with Gasteiger partial charge in [0.05, 0.1) is 5.69 Å². The average Bonchev–Trinajstić information content (AvgIpc) is 2.71. The fourth-order valence-corrected chi connectivity index (χ4v) is 3.46. The molecule has 7 heteroatoms. The number of likely N-dealkylation sites (N-methyl/N-ethyl adjacent to an activating group) is 1. The molecule has 0 bridgehead atoms. The quantitative estimate of drug-likeness (QED) is 0.771. The summed E-state index contributed by atoms with van der Waals surface area (Å²) in [6, 6.07) is 8.64. The Morgan fingerprint density at radius 2 is 1.76 bits per heavy atom. The Morgan fingerprint density at radius 1 is 1.07 bits per heavy atom. The van der Waals surface area contributed by atoms with Crippen LogP contribution in [0.1, 0.15) is 19.4 Å². The number of halogens is 2. The van der Waals surface area contributed by atoms with Crippen molar-refractivity contribution < 1.29 is 13.6 Å². The molecule has 2 aromatic rings. The minimum atomic E-state index is -0.797. The van der Waals surface area contributed by atoms with Crippen molar-refractivity contribution in [3.8, 4) is 0 Å². The number of rotatable bonds is 6. The maximum absolute atomic E-state index is 13.8. The second-order valence-corrected chi connectivity index (χ2v) is 7.40. The molecule has 29 heavy (non-hydrogen) atoms. The molecule has 156 valence electrons. The van der Waals surface area contributed by atoms with Crippen molar-refractivity contribution in [3.05, 3.63) is 53.6 Å². The zero-order chi connectivity index (χ0) is 21.0. The number of anilines is 3. The van der Waals surface area contributed by atoms with Gasteiger partial charge in [-0.15, -0.1) is 0 Å². The second-order valence-electron chi connectivity index (χ2n) is 7.40. The first kappa shape index (κ1) is 21.0. The summed E-state index contributed by atoms with van der Waals surface area (Å²) in [5, 5.41) is 5.67. The van der Waals surface area contributed by atoms with Gasteiger partial charge in [-0.1, -0.05) is 6.92 Å². The van der Waals surface area contributed by atoms with E-state index in [1.165, 1.54) is 11.8 Å². The zero-order valence-electron chi connectivity index (χ0n) is 17.1. The van der Waals surface area contributed by atoms with E-state index in [9.17, 15) is 13.6 Å². The Morgan fingerprint density at radius 3 is 2.38 bits per heavy atom. The van der Waals surface area contributed by atoms with E-state index in [2.05, 4.69) is 39.5 Å². The van der Waals surface area contributed by atoms with Crippen molar-refractivity contribution in [3.63, 3.8) is 0 Å². The molecular formula is C22H28F2N4O. The van der Waals surface area contributed by atoms with Crippen molar-refractivity contribution in [2.75, 3.05) is 48.3 Å². The molecular weight excluding hydrogens is 374 g/mol. The van der Waals surface area contributed by atoms with Crippen molar-refractivity contribution in [1.29, 1.82) is 0 Å². The predicted octanol–water partition coefficient (Wildman–Crippen LogP) is 3.85. The number of carbonyl (C=O) groups is 1. The van der Waals surface area contributed by atoms with Gasteiger partial charge in [0, 0.05) is 43.6 Å². The smallest absolute Gasteiger partial charge is 0.246 e. The van der Waals surface area contributed by atoms with Crippen LogP contribution in [0.4, 0.5) is 25.8 Å². The summed E-state index contributed by atoms with van der Waals surface area (Å²) in [5.74, 6) is -1.87. The first-order valence-electron chi connectivity index (χ1n) is 9.97. The molecule has 1 aliphatic heterocycles. The number of hydrogen-bond acceptors (Lipinski definition) is 4. The van der Waals surface area contributed by atoms with E-state index >= 15 is 0 Å². The van der Waals surface area contributed by atoms with Gasteiger partial charge in [-0.3, -0.25) is 4.79 Å². The maximum Gasteiger partial charge on any atom is 0.246 e. The normalized spacial score (nSPS) is 15.8. The van der Waals surface area contributed by atoms with Crippen LogP contribution >= 0.6 is 0 Å². The van der Waals surface area contributed by atoms with Gasteiger partial charge in [0.25, 0.3) is 0 Å². The summed E-state index contributed by atoms with van der Waals surface area (Å²) in [6.07, 6.45) is 0. The summed E-state index contributed by atoms with van der Waals surface area (Å²) in [7, 11) is 0. The number of amides is 1. The molecule has 1 atom stereocenters. The largest absolute Gasteiger partial charge is 0.374 e. The van der Waals surface area contributed by atoms with Gasteiger partial charge in [-0.05, 0) is 56.3 Å². The van der Waals surface area contributed by atoms with Gasteiger partial charge >= 0.3 is 0 Å². The molecule has 0 aromatic heterocycles. The first-order chi connectivity index (χ1) is 13.9. The molecule has 1 unspecified atom stereocenters. The van der Waals surface area contributed by atoms with Crippen molar-refractivity contribution in [1.82, 2.24) is 4.90 Å². The molecule has 0 spiro atoms. The predicted molar refractivity (Wildman–Crippen MR) is 114 cm³/mol. The van der Waals surface area contributed by atoms with E-state index in [1.807, 2.05) is 13.0 Å². The Hall–Kier alpha value is -2.67. The molecule has 1 fully saturated rings. The summed E-state index contributed by atoms with van der Waals surface area (Å²) in [4.78, 5) is 17.2. The van der Waals surface area contributed by atoms with Crippen LogP contribution in [0.15, 0.2) is 36.4 Å². The first-order valence-corrected chi connectivity index (χ1v) is 9.97. The van der Waals surface area contributed by atoms with E-state index < -0.39 is 23.6 Å². The molecule has 0 saturated carbocycles. The van der Waals surface area contributed by atoms with Crippen molar-refractivity contribution in [2.45, 2.75) is 26.8 Å². The molecule has 1 saturated heterocycles. The van der Waals surface area contributed by atoms with Crippen LogP contribution in [-0.4, -0.2) is 49.6 Å². The SMILES string of the molecule is CCN1CCN(c2ccc(NC(C)C(=O)Nc3ccc(F)cc3F)c(C)c2)CC1. The Labute approximate surface area is 170 Å². The van der Waals surface area contributed by atoms with Gasteiger partial charge in [-0.2, -0.15) is 0 Å². The highest BCUT2D eigenvalue weighted by Gasteiger charge is 2.18. The minimum Gasteiger partial charge on any atom is -0.374 e. The van der Waals surface area contributed by atoms with Crippen LogP contribution < -0.4 is 15.5 Å². The highest BCUT2D eigenvalue weighted by molar-refractivity contribution is 5.96. The molecule has 2 N–H and O–H groups in total. The molecule has 0 radical (unpaired) electrons. The fraction of sp³-hybridized carbons (Fsp3) is 0.409. The van der Waals surface area contributed by atoms with Gasteiger partial charge in [0.1, 0.15) is 17.7 Å². The number of benzene rings is 2. The van der Waals surface area contributed by atoms with Crippen molar-refractivity contribution >= 4 is 23.0 Å². The third kappa shape index (κ3) is 5.23. The molecule has 3 rings (SSSR count).